The number of furan rings is 1. The van der Waals surface area contributed by atoms with Crippen molar-refractivity contribution in [3.8, 4) is 5.75 Å². The minimum absolute atomic E-state index is 0.112. The molecule has 1 fully saturated rings. The van der Waals surface area contributed by atoms with E-state index in [1.165, 1.54) is 35.6 Å². The summed E-state index contributed by atoms with van der Waals surface area (Å²) < 4.78 is 11.0. The van der Waals surface area contributed by atoms with E-state index in [1.54, 1.807) is 0 Å². The highest BCUT2D eigenvalue weighted by atomic mass is 32.2. The summed E-state index contributed by atoms with van der Waals surface area (Å²) in [5.41, 5.74) is 1.27. The lowest BCUT2D eigenvalue weighted by Crippen LogP contribution is -2.28. The van der Waals surface area contributed by atoms with Gasteiger partial charge in [0.2, 0.25) is 5.76 Å². The second kappa shape index (κ2) is 9.05. The normalized spacial score (nSPS) is 14.8. The quantitative estimate of drug-likeness (QED) is 0.744. The van der Waals surface area contributed by atoms with Crippen LogP contribution in [0.15, 0.2) is 40.8 Å². The lowest BCUT2D eigenvalue weighted by atomic mass is 10.2. The number of carbonyl (C=O) groups is 2. The minimum atomic E-state index is -1.14. The molecule has 0 aliphatic carbocycles. The van der Waals surface area contributed by atoms with E-state index < -0.39 is 5.97 Å². The molecule has 1 aromatic heterocycles. The number of aromatic carboxylic acids is 1. The molecule has 0 spiro atoms. The fourth-order valence-electron chi connectivity index (χ4n) is 2.37. The highest BCUT2D eigenvalue weighted by Crippen LogP contribution is 2.43. The Hall–Kier alpha value is -2.06. The van der Waals surface area contributed by atoms with Crippen LogP contribution >= 0.6 is 23.5 Å². The molecule has 0 bridgehead atoms. The van der Waals surface area contributed by atoms with E-state index >= 15 is 0 Å². The van der Waals surface area contributed by atoms with Crippen LogP contribution < -0.4 is 10.1 Å². The van der Waals surface area contributed by atoms with E-state index in [0.717, 1.165) is 0 Å². The topological polar surface area (TPSA) is 88.8 Å². The van der Waals surface area contributed by atoms with Crippen LogP contribution in [0, 0.1) is 0 Å². The Morgan fingerprint density at radius 3 is 2.54 bits per heavy atom. The Morgan fingerprint density at radius 1 is 1.15 bits per heavy atom. The predicted molar refractivity (Wildman–Crippen MR) is 102 cm³/mol. The van der Waals surface area contributed by atoms with Crippen molar-refractivity contribution >= 4 is 35.4 Å². The SMILES string of the molecule is O=C(COc1ccc(C2SCCCS2)cc1)NCc1ccc(C(=O)O)o1. The van der Waals surface area contributed by atoms with Gasteiger partial charge in [-0.1, -0.05) is 12.1 Å². The third-order valence-electron chi connectivity index (χ3n) is 3.68. The van der Waals surface area contributed by atoms with Crippen LogP contribution in [0.2, 0.25) is 0 Å². The largest absolute Gasteiger partial charge is 0.484 e. The molecule has 26 heavy (non-hydrogen) atoms. The Labute approximate surface area is 159 Å². The van der Waals surface area contributed by atoms with Crippen LogP contribution in [0.1, 0.15) is 32.9 Å². The van der Waals surface area contributed by atoms with Gasteiger partial charge in [0, 0.05) is 0 Å². The fraction of sp³-hybridized carbons (Fsp3) is 0.333. The van der Waals surface area contributed by atoms with Crippen molar-refractivity contribution in [2.75, 3.05) is 18.1 Å². The van der Waals surface area contributed by atoms with Crippen molar-refractivity contribution in [2.45, 2.75) is 17.5 Å². The molecule has 1 saturated heterocycles. The molecule has 1 amide bonds. The van der Waals surface area contributed by atoms with E-state index in [1.807, 2.05) is 47.8 Å². The van der Waals surface area contributed by atoms with Gasteiger partial charge in [-0.2, -0.15) is 0 Å². The van der Waals surface area contributed by atoms with E-state index in [2.05, 4.69) is 5.32 Å². The molecule has 0 unspecified atom stereocenters. The molecule has 6 nitrogen and oxygen atoms in total. The number of benzene rings is 1. The van der Waals surface area contributed by atoms with Gasteiger partial charge in [0.05, 0.1) is 11.1 Å². The highest BCUT2D eigenvalue weighted by Gasteiger charge is 2.16. The zero-order chi connectivity index (χ0) is 18.4. The van der Waals surface area contributed by atoms with Crippen molar-refractivity contribution in [2.24, 2.45) is 0 Å². The van der Waals surface area contributed by atoms with Crippen molar-refractivity contribution in [1.29, 1.82) is 0 Å². The molecule has 2 N–H and O–H groups in total. The number of hydrogen-bond acceptors (Lipinski definition) is 6. The second-order valence-electron chi connectivity index (χ2n) is 5.63. The molecule has 138 valence electrons. The standard InChI is InChI=1S/C18H19NO5S2/c20-16(19-10-14-6-7-15(24-14)17(21)22)11-23-13-4-2-12(3-5-13)18-25-8-1-9-26-18/h2-7,18H,1,8-11H2,(H,19,20)(H,21,22). The first-order chi connectivity index (χ1) is 12.6. The van der Waals surface area contributed by atoms with Gasteiger partial charge in [-0.25, -0.2) is 4.79 Å². The van der Waals surface area contributed by atoms with Gasteiger partial charge >= 0.3 is 5.97 Å². The summed E-state index contributed by atoms with van der Waals surface area (Å²) in [7, 11) is 0. The number of thioether (sulfide) groups is 2. The van der Waals surface area contributed by atoms with Gasteiger partial charge in [0.1, 0.15) is 11.5 Å². The van der Waals surface area contributed by atoms with Gasteiger partial charge in [-0.15, -0.1) is 23.5 Å². The van der Waals surface area contributed by atoms with E-state index in [4.69, 9.17) is 14.3 Å². The lowest BCUT2D eigenvalue weighted by Gasteiger charge is -2.21. The maximum absolute atomic E-state index is 11.8. The predicted octanol–water partition coefficient (Wildman–Crippen LogP) is 3.54. The minimum Gasteiger partial charge on any atom is -0.484 e. The van der Waals surface area contributed by atoms with Crippen LogP contribution in [0.3, 0.4) is 0 Å². The van der Waals surface area contributed by atoms with Crippen LogP contribution in [-0.4, -0.2) is 35.1 Å². The van der Waals surface area contributed by atoms with Crippen LogP contribution in [0.5, 0.6) is 5.75 Å². The highest BCUT2D eigenvalue weighted by molar-refractivity contribution is 8.16. The molecule has 1 aromatic carbocycles. The summed E-state index contributed by atoms with van der Waals surface area (Å²) in [6.07, 6.45) is 1.26. The second-order valence-corrected chi connectivity index (χ2v) is 8.36. The Kier molecular flexibility index (Phi) is 6.51. The van der Waals surface area contributed by atoms with Crippen LogP contribution in [0.4, 0.5) is 0 Å². The van der Waals surface area contributed by atoms with Crippen molar-refractivity contribution < 1.29 is 23.8 Å². The lowest BCUT2D eigenvalue weighted by molar-refractivity contribution is -0.123. The molecule has 3 rings (SSSR count). The summed E-state index contributed by atoms with van der Waals surface area (Å²) in [6.45, 7) is 0.00328. The number of rotatable bonds is 7. The Bertz CT molecular complexity index is 753. The van der Waals surface area contributed by atoms with E-state index in [9.17, 15) is 9.59 Å². The number of amides is 1. The first kappa shape index (κ1) is 18.7. The van der Waals surface area contributed by atoms with Crippen molar-refractivity contribution in [3.63, 3.8) is 0 Å². The van der Waals surface area contributed by atoms with Gasteiger partial charge in [0.25, 0.3) is 5.91 Å². The molecule has 0 radical (unpaired) electrons. The molecule has 0 atom stereocenters. The fourth-order valence-corrected chi connectivity index (χ4v) is 5.27. The number of hydrogen-bond donors (Lipinski definition) is 2. The van der Waals surface area contributed by atoms with Crippen molar-refractivity contribution in [1.82, 2.24) is 5.32 Å². The first-order valence-corrected chi connectivity index (χ1v) is 10.3. The Balaban J connectivity index is 1.42. The summed E-state index contributed by atoms with van der Waals surface area (Å²) in [6, 6.07) is 10.7. The average Bonchev–Trinajstić information content (AvgIpc) is 3.15. The zero-order valence-electron chi connectivity index (χ0n) is 14.0. The molecule has 2 aromatic rings. The maximum atomic E-state index is 11.8. The van der Waals surface area contributed by atoms with Crippen LogP contribution in [-0.2, 0) is 11.3 Å². The zero-order valence-corrected chi connectivity index (χ0v) is 15.6. The number of nitrogens with one attached hydrogen (secondary N) is 1. The molecule has 1 aliphatic heterocycles. The third kappa shape index (κ3) is 5.22. The van der Waals surface area contributed by atoms with E-state index in [0.29, 0.717) is 16.1 Å². The number of carboxylic acids is 1. The summed E-state index contributed by atoms with van der Waals surface area (Å²) in [4.78, 5) is 22.6. The average molecular weight is 393 g/mol. The van der Waals surface area contributed by atoms with Crippen molar-refractivity contribution in [3.05, 3.63) is 53.5 Å². The molecule has 0 saturated carbocycles. The monoisotopic (exact) mass is 393 g/mol. The van der Waals surface area contributed by atoms with Gasteiger partial charge in [-0.05, 0) is 47.8 Å². The molecule has 2 heterocycles. The van der Waals surface area contributed by atoms with E-state index in [-0.39, 0.29) is 24.8 Å². The molecular formula is C18H19NO5S2. The number of ether oxygens (including phenoxy) is 1. The molecule has 8 heteroatoms. The first-order valence-electron chi connectivity index (χ1n) is 8.16. The van der Waals surface area contributed by atoms with Gasteiger partial charge in [-0.3, -0.25) is 4.79 Å². The van der Waals surface area contributed by atoms with Crippen LogP contribution in [0.25, 0.3) is 0 Å². The summed E-state index contributed by atoms with van der Waals surface area (Å²) in [5, 5.41) is 11.4. The molecular weight excluding hydrogens is 374 g/mol. The maximum Gasteiger partial charge on any atom is 0.371 e. The Morgan fingerprint density at radius 2 is 1.88 bits per heavy atom. The summed E-state index contributed by atoms with van der Waals surface area (Å²) >= 11 is 3.92. The number of carbonyl (C=O) groups excluding carboxylic acids is 1. The molecule has 1 aliphatic rings. The summed E-state index contributed by atoms with van der Waals surface area (Å²) in [5.74, 6) is 1.81. The number of carboxylic acid groups (broad SMARTS) is 1. The smallest absolute Gasteiger partial charge is 0.371 e. The van der Waals surface area contributed by atoms with Gasteiger partial charge < -0.3 is 19.6 Å². The van der Waals surface area contributed by atoms with Gasteiger partial charge in [0.15, 0.2) is 6.61 Å². The third-order valence-corrected chi connectivity index (χ3v) is 6.70.